The Bertz CT molecular complexity index is 1290. The van der Waals surface area contributed by atoms with Crippen LogP contribution in [0.5, 0.6) is 0 Å². The molecular formula is C21H18F6N8O2. The molecule has 0 aliphatic rings. The predicted molar refractivity (Wildman–Crippen MR) is 116 cm³/mol. The van der Waals surface area contributed by atoms with Crippen molar-refractivity contribution in [2.75, 3.05) is 14.1 Å². The number of benzene rings is 1. The van der Waals surface area contributed by atoms with E-state index in [1.54, 1.807) is 14.1 Å². The van der Waals surface area contributed by atoms with Crippen molar-refractivity contribution in [3.63, 3.8) is 0 Å². The number of halogens is 6. The Hall–Kier alpha value is -4.37. The normalized spacial score (nSPS) is 13.0. The van der Waals surface area contributed by atoms with Gasteiger partial charge in [-0.1, -0.05) is 0 Å². The van der Waals surface area contributed by atoms with Crippen LogP contribution in [0.4, 0.5) is 26.3 Å². The van der Waals surface area contributed by atoms with E-state index in [0.717, 1.165) is 4.68 Å². The minimum Gasteiger partial charge on any atom is -0.369 e. The van der Waals surface area contributed by atoms with Crippen LogP contribution in [0.15, 0.2) is 41.7 Å². The lowest BCUT2D eigenvalue weighted by molar-refractivity contribution is -0.143. The van der Waals surface area contributed by atoms with E-state index in [-0.39, 0.29) is 17.8 Å². The molecule has 1 unspecified atom stereocenters. The van der Waals surface area contributed by atoms with Gasteiger partial charge in [0, 0.05) is 32.1 Å². The summed E-state index contributed by atoms with van der Waals surface area (Å²) in [5, 5.41) is 6.27. The maximum Gasteiger partial charge on any atom is 0.416 e. The topological polar surface area (TPSA) is 118 Å². The Balaban J connectivity index is 1.99. The maximum absolute atomic E-state index is 13.2. The van der Waals surface area contributed by atoms with Crippen LogP contribution in [0.2, 0.25) is 0 Å². The molecule has 3 rings (SSSR count). The van der Waals surface area contributed by atoms with Crippen LogP contribution in [0, 0.1) is 0 Å². The van der Waals surface area contributed by atoms with Gasteiger partial charge in [0.15, 0.2) is 5.82 Å². The molecule has 1 aromatic carbocycles. The van der Waals surface area contributed by atoms with Gasteiger partial charge in [-0.05, 0) is 31.2 Å². The summed E-state index contributed by atoms with van der Waals surface area (Å²) in [4.78, 5) is 42.2. The van der Waals surface area contributed by atoms with E-state index in [9.17, 15) is 35.9 Å². The molecule has 0 radical (unpaired) electrons. The molecule has 1 atom stereocenters. The number of nitrogens with zero attached hydrogens (tertiary/aromatic N) is 7. The van der Waals surface area contributed by atoms with E-state index in [4.69, 9.17) is 0 Å². The number of aromatic nitrogens is 5. The summed E-state index contributed by atoms with van der Waals surface area (Å²) in [7, 11) is 3.23. The SMILES string of the molecule is CC(NC(=O)c1cc(C(F)(F)F)cc(C(F)(F)F)c1)c1nc(C(=O)/N=C/N(C)C)nn1-c1ncccn1. The molecule has 0 spiro atoms. The maximum atomic E-state index is 13.2. The summed E-state index contributed by atoms with van der Waals surface area (Å²) in [5.74, 6) is -2.74. The highest BCUT2D eigenvalue weighted by atomic mass is 19.4. The van der Waals surface area contributed by atoms with Gasteiger partial charge in [0.25, 0.3) is 11.9 Å². The molecule has 2 amide bonds. The molecule has 0 fully saturated rings. The number of amides is 2. The fourth-order valence-corrected chi connectivity index (χ4v) is 2.90. The van der Waals surface area contributed by atoms with Crippen molar-refractivity contribution in [3.8, 4) is 5.95 Å². The second-order valence-corrected chi connectivity index (χ2v) is 7.76. The number of carbonyl (C=O) groups excluding carboxylic acids is 2. The largest absolute Gasteiger partial charge is 0.416 e. The van der Waals surface area contributed by atoms with Crippen LogP contribution in [0.3, 0.4) is 0 Å². The average Bonchev–Trinajstić information content (AvgIpc) is 3.27. The van der Waals surface area contributed by atoms with Crippen molar-refractivity contribution < 1.29 is 35.9 Å². The molecule has 0 saturated heterocycles. The molecule has 0 aliphatic heterocycles. The predicted octanol–water partition coefficient (Wildman–Crippen LogP) is 3.32. The Kier molecular flexibility index (Phi) is 7.59. The fourth-order valence-electron chi connectivity index (χ4n) is 2.90. The molecule has 0 bridgehead atoms. The first-order valence-electron chi connectivity index (χ1n) is 10.3. The van der Waals surface area contributed by atoms with Gasteiger partial charge in [0.2, 0.25) is 5.82 Å². The molecule has 196 valence electrons. The number of hydrogen-bond donors (Lipinski definition) is 1. The Morgan fingerprint density at radius 3 is 2.11 bits per heavy atom. The van der Waals surface area contributed by atoms with Gasteiger partial charge >= 0.3 is 18.3 Å². The molecule has 2 aromatic heterocycles. The molecular weight excluding hydrogens is 510 g/mol. The molecule has 2 heterocycles. The van der Waals surface area contributed by atoms with Crippen LogP contribution >= 0.6 is 0 Å². The lowest BCUT2D eigenvalue weighted by Gasteiger charge is -2.16. The summed E-state index contributed by atoms with van der Waals surface area (Å²) >= 11 is 0. The zero-order valence-electron chi connectivity index (χ0n) is 19.3. The van der Waals surface area contributed by atoms with Crippen molar-refractivity contribution in [3.05, 3.63) is 65.0 Å². The van der Waals surface area contributed by atoms with Gasteiger partial charge in [-0.2, -0.15) is 36.0 Å². The molecule has 1 N–H and O–H groups in total. The van der Waals surface area contributed by atoms with Gasteiger partial charge in [-0.3, -0.25) is 9.59 Å². The van der Waals surface area contributed by atoms with Crippen LogP contribution in [0.25, 0.3) is 5.95 Å². The number of nitrogens with one attached hydrogen (secondary N) is 1. The number of alkyl halides is 6. The number of hydrogen-bond acceptors (Lipinski definition) is 6. The zero-order chi connectivity index (χ0) is 27.5. The van der Waals surface area contributed by atoms with E-state index in [0.29, 0.717) is 12.1 Å². The van der Waals surface area contributed by atoms with Crippen molar-refractivity contribution in [2.45, 2.75) is 25.3 Å². The van der Waals surface area contributed by atoms with Crippen LogP contribution < -0.4 is 5.32 Å². The molecule has 3 aromatic rings. The summed E-state index contributed by atoms with van der Waals surface area (Å²) < 4.78 is 80.1. The van der Waals surface area contributed by atoms with Crippen LogP contribution in [0.1, 0.15) is 50.9 Å². The van der Waals surface area contributed by atoms with Gasteiger partial charge in [-0.25, -0.2) is 15.0 Å². The van der Waals surface area contributed by atoms with Gasteiger partial charge in [0.05, 0.1) is 23.5 Å². The number of aliphatic imine (C=N–C) groups is 1. The van der Waals surface area contributed by atoms with Crippen molar-refractivity contribution in [1.82, 2.24) is 34.9 Å². The van der Waals surface area contributed by atoms with Crippen molar-refractivity contribution in [2.24, 2.45) is 4.99 Å². The third kappa shape index (κ3) is 6.65. The minimum absolute atomic E-state index is 0.0693. The van der Waals surface area contributed by atoms with E-state index >= 15 is 0 Å². The fraction of sp³-hybridized carbons (Fsp3) is 0.286. The first-order valence-corrected chi connectivity index (χ1v) is 10.3. The first kappa shape index (κ1) is 27.2. The zero-order valence-corrected chi connectivity index (χ0v) is 19.3. The van der Waals surface area contributed by atoms with E-state index < -0.39 is 52.7 Å². The summed E-state index contributed by atoms with van der Waals surface area (Å²) in [6.07, 6.45) is -6.36. The second kappa shape index (κ2) is 10.3. The smallest absolute Gasteiger partial charge is 0.369 e. The van der Waals surface area contributed by atoms with Crippen LogP contribution in [-0.4, -0.2) is 61.9 Å². The Morgan fingerprint density at radius 1 is 1.03 bits per heavy atom. The molecule has 37 heavy (non-hydrogen) atoms. The first-order chi connectivity index (χ1) is 17.2. The summed E-state index contributed by atoms with van der Waals surface area (Å²) in [6, 6.07) is 0.827. The molecule has 16 heteroatoms. The van der Waals surface area contributed by atoms with Gasteiger partial charge in [-0.15, -0.1) is 5.10 Å². The van der Waals surface area contributed by atoms with E-state index in [1.807, 2.05) is 0 Å². The van der Waals surface area contributed by atoms with Crippen molar-refractivity contribution in [1.29, 1.82) is 0 Å². The molecule has 10 nitrogen and oxygen atoms in total. The standard InChI is InChI=1S/C21H18F6N8O2/c1-11(31-17(36)12-7-13(20(22,23)24)9-14(8-12)21(25,26)27)16-32-15(18(37)30-10-34(2)3)33-35(16)19-28-5-4-6-29-19/h4-11H,1-3H3,(H,31,36)/b30-10+. The summed E-state index contributed by atoms with van der Waals surface area (Å²) in [5.41, 5.74) is -4.18. The lowest BCUT2D eigenvalue weighted by atomic mass is 10.0. The molecule has 0 aliphatic carbocycles. The third-order valence-electron chi connectivity index (χ3n) is 4.56. The van der Waals surface area contributed by atoms with E-state index in [2.05, 4.69) is 30.4 Å². The van der Waals surface area contributed by atoms with Crippen molar-refractivity contribution >= 4 is 18.2 Å². The molecule has 0 saturated carbocycles. The highest BCUT2D eigenvalue weighted by molar-refractivity contribution is 5.96. The number of rotatable bonds is 6. The van der Waals surface area contributed by atoms with E-state index in [1.165, 1.54) is 36.6 Å². The Labute approximate surface area is 205 Å². The second-order valence-electron chi connectivity index (χ2n) is 7.76. The average molecular weight is 528 g/mol. The Morgan fingerprint density at radius 2 is 1.59 bits per heavy atom. The quantitative estimate of drug-likeness (QED) is 0.296. The van der Waals surface area contributed by atoms with Gasteiger partial charge < -0.3 is 10.2 Å². The summed E-state index contributed by atoms with van der Waals surface area (Å²) in [6.45, 7) is 1.33. The third-order valence-corrected chi connectivity index (χ3v) is 4.56. The van der Waals surface area contributed by atoms with Crippen LogP contribution in [-0.2, 0) is 12.4 Å². The highest BCUT2D eigenvalue weighted by Crippen LogP contribution is 2.36. The monoisotopic (exact) mass is 528 g/mol. The highest BCUT2D eigenvalue weighted by Gasteiger charge is 2.37. The lowest BCUT2D eigenvalue weighted by Crippen LogP contribution is -2.29. The minimum atomic E-state index is -5.13. The van der Waals surface area contributed by atoms with Gasteiger partial charge in [0.1, 0.15) is 0 Å². The number of carbonyl (C=O) groups is 2.